The summed E-state index contributed by atoms with van der Waals surface area (Å²) in [5, 5.41) is 0.556. The fraction of sp³-hybridized carbons (Fsp3) is 0.208. The quantitative estimate of drug-likeness (QED) is 0.313. The van der Waals surface area contributed by atoms with Crippen LogP contribution in [0.3, 0.4) is 0 Å². The molecule has 0 aliphatic heterocycles. The minimum atomic E-state index is -0.208. The number of aromatic nitrogens is 2. The lowest BCUT2D eigenvalue weighted by atomic mass is 10.0. The van der Waals surface area contributed by atoms with Crippen molar-refractivity contribution in [2.75, 3.05) is 0 Å². The highest BCUT2D eigenvalue weighted by molar-refractivity contribution is 9.10. The molecule has 0 fully saturated rings. The van der Waals surface area contributed by atoms with Crippen molar-refractivity contribution in [1.29, 1.82) is 0 Å². The number of ether oxygens (including phenoxy) is 1. The number of carbonyl (C=O) groups is 1. The van der Waals surface area contributed by atoms with Crippen LogP contribution in [0.1, 0.15) is 29.1 Å². The monoisotopic (exact) mass is 496 g/mol. The van der Waals surface area contributed by atoms with E-state index in [2.05, 4.69) is 20.9 Å². The number of rotatable bonds is 6. The molecule has 7 heteroatoms. The molecule has 2 aromatic carbocycles. The van der Waals surface area contributed by atoms with Crippen LogP contribution in [-0.2, 0) is 6.54 Å². The predicted molar refractivity (Wildman–Crippen MR) is 128 cm³/mol. The van der Waals surface area contributed by atoms with Gasteiger partial charge in [-0.1, -0.05) is 28.1 Å². The Hall–Kier alpha value is -2.77. The molecule has 0 spiro atoms. The minimum Gasteiger partial charge on any atom is -0.491 e. The Kier molecular flexibility index (Phi) is 6.07. The summed E-state index contributed by atoms with van der Waals surface area (Å²) >= 11 is 4.93. The van der Waals surface area contributed by atoms with Crippen LogP contribution in [0.15, 0.2) is 64.1 Å². The summed E-state index contributed by atoms with van der Waals surface area (Å²) in [5.74, 6) is 0.552. The van der Waals surface area contributed by atoms with Crippen molar-refractivity contribution in [3.8, 4) is 16.9 Å². The molecule has 0 bridgehead atoms. The fourth-order valence-corrected chi connectivity index (χ4v) is 4.72. The molecule has 0 aliphatic carbocycles. The van der Waals surface area contributed by atoms with Crippen LogP contribution in [0.4, 0.5) is 0 Å². The van der Waals surface area contributed by atoms with E-state index in [0.717, 1.165) is 20.5 Å². The number of ketones is 1. The van der Waals surface area contributed by atoms with E-state index in [0.29, 0.717) is 21.5 Å². The lowest BCUT2D eigenvalue weighted by Gasteiger charge is -2.10. The maximum Gasteiger partial charge on any atom is 0.263 e. The number of benzene rings is 2. The Morgan fingerprint density at radius 3 is 2.45 bits per heavy atom. The number of hydrogen-bond acceptors (Lipinski definition) is 5. The Morgan fingerprint density at radius 2 is 1.81 bits per heavy atom. The van der Waals surface area contributed by atoms with Crippen molar-refractivity contribution >= 4 is 43.3 Å². The molecule has 0 N–H and O–H groups in total. The lowest BCUT2D eigenvalue weighted by Crippen LogP contribution is -2.24. The van der Waals surface area contributed by atoms with Gasteiger partial charge >= 0.3 is 0 Å². The molecule has 0 amide bonds. The minimum absolute atomic E-state index is 0.0620. The summed E-state index contributed by atoms with van der Waals surface area (Å²) in [6, 6.07) is 14.8. The van der Waals surface area contributed by atoms with Gasteiger partial charge in [-0.3, -0.25) is 14.2 Å². The van der Waals surface area contributed by atoms with E-state index in [4.69, 9.17) is 4.74 Å². The van der Waals surface area contributed by atoms with Crippen LogP contribution in [0, 0.1) is 6.92 Å². The zero-order valence-electron chi connectivity index (χ0n) is 17.4. The molecule has 0 saturated carbocycles. The molecule has 5 nitrogen and oxygen atoms in total. The summed E-state index contributed by atoms with van der Waals surface area (Å²) in [4.78, 5) is 32.3. The first kappa shape index (κ1) is 21.5. The second-order valence-electron chi connectivity index (χ2n) is 7.51. The van der Waals surface area contributed by atoms with Crippen molar-refractivity contribution in [1.82, 2.24) is 9.55 Å². The van der Waals surface area contributed by atoms with Crippen LogP contribution in [0.5, 0.6) is 5.75 Å². The van der Waals surface area contributed by atoms with Gasteiger partial charge in [0.1, 0.15) is 10.6 Å². The standard InChI is InChI=1S/C24H21BrN2O3S/c1-14(2)30-19-10-6-16(7-11-19)20(28)12-27-13-26-23-22(24(27)29)21(15(3)31-23)17-4-8-18(25)9-5-17/h4-11,13-14H,12H2,1-3H3. The molecular formula is C24H21BrN2O3S. The van der Waals surface area contributed by atoms with E-state index >= 15 is 0 Å². The van der Waals surface area contributed by atoms with Crippen molar-refractivity contribution in [2.45, 2.75) is 33.4 Å². The maximum atomic E-state index is 13.3. The SMILES string of the molecule is Cc1sc2ncn(CC(=O)c3ccc(OC(C)C)cc3)c(=O)c2c1-c1ccc(Br)cc1. The van der Waals surface area contributed by atoms with Gasteiger partial charge in [-0.15, -0.1) is 11.3 Å². The Balaban J connectivity index is 1.68. The zero-order valence-corrected chi connectivity index (χ0v) is 19.8. The van der Waals surface area contributed by atoms with Gasteiger partial charge in [0.25, 0.3) is 5.56 Å². The van der Waals surface area contributed by atoms with Gasteiger partial charge in [-0.2, -0.15) is 0 Å². The molecule has 2 heterocycles. The highest BCUT2D eigenvalue weighted by atomic mass is 79.9. The molecule has 0 saturated heterocycles. The highest BCUT2D eigenvalue weighted by Gasteiger charge is 2.18. The molecule has 0 radical (unpaired) electrons. The third-order valence-electron chi connectivity index (χ3n) is 4.85. The molecular weight excluding hydrogens is 476 g/mol. The Bertz CT molecular complexity index is 1310. The van der Waals surface area contributed by atoms with E-state index in [1.165, 1.54) is 22.2 Å². The van der Waals surface area contributed by atoms with Gasteiger partial charge in [0.05, 0.1) is 24.4 Å². The van der Waals surface area contributed by atoms with Crippen LogP contribution >= 0.6 is 27.3 Å². The van der Waals surface area contributed by atoms with Crippen LogP contribution < -0.4 is 10.3 Å². The van der Waals surface area contributed by atoms with Crippen molar-refractivity contribution in [3.63, 3.8) is 0 Å². The summed E-state index contributed by atoms with van der Waals surface area (Å²) in [7, 11) is 0. The summed E-state index contributed by atoms with van der Waals surface area (Å²) in [6.45, 7) is 5.81. The molecule has 31 heavy (non-hydrogen) atoms. The lowest BCUT2D eigenvalue weighted by molar-refractivity contribution is 0.0970. The number of carbonyl (C=O) groups excluding carboxylic acids is 1. The van der Waals surface area contributed by atoms with E-state index < -0.39 is 0 Å². The molecule has 158 valence electrons. The first-order chi connectivity index (χ1) is 14.8. The number of hydrogen-bond donors (Lipinski definition) is 0. The second kappa shape index (κ2) is 8.77. The number of nitrogens with zero attached hydrogens (tertiary/aromatic N) is 2. The van der Waals surface area contributed by atoms with E-state index in [1.807, 2.05) is 45.0 Å². The first-order valence-electron chi connectivity index (χ1n) is 9.88. The van der Waals surface area contributed by atoms with E-state index in [-0.39, 0.29) is 24.0 Å². The average molecular weight is 497 g/mol. The number of halogens is 1. The number of fused-ring (bicyclic) bond motifs is 1. The van der Waals surface area contributed by atoms with Crippen LogP contribution in [0.25, 0.3) is 21.3 Å². The zero-order chi connectivity index (χ0) is 22.1. The van der Waals surface area contributed by atoms with Gasteiger partial charge in [-0.05, 0) is 62.7 Å². The number of thiophene rings is 1. The van der Waals surface area contributed by atoms with Crippen LogP contribution in [0.2, 0.25) is 0 Å². The Morgan fingerprint density at radius 1 is 1.13 bits per heavy atom. The second-order valence-corrected chi connectivity index (χ2v) is 9.63. The third kappa shape index (κ3) is 4.48. The largest absolute Gasteiger partial charge is 0.491 e. The first-order valence-corrected chi connectivity index (χ1v) is 11.5. The smallest absolute Gasteiger partial charge is 0.263 e. The summed E-state index contributed by atoms with van der Waals surface area (Å²) in [6.07, 6.45) is 1.52. The molecule has 4 aromatic rings. The molecule has 0 unspecified atom stereocenters. The van der Waals surface area contributed by atoms with Gasteiger partial charge in [0.15, 0.2) is 5.78 Å². The van der Waals surface area contributed by atoms with Crippen LogP contribution in [-0.4, -0.2) is 21.4 Å². The van der Waals surface area contributed by atoms with Crippen molar-refractivity contribution in [2.24, 2.45) is 0 Å². The summed E-state index contributed by atoms with van der Waals surface area (Å²) < 4.78 is 7.98. The fourth-order valence-electron chi connectivity index (χ4n) is 3.45. The summed E-state index contributed by atoms with van der Waals surface area (Å²) in [5.41, 5.74) is 2.15. The molecule has 4 rings (SSSR count). The molecule has 0 aliphatic rings. The highest BCUT2D eigenvalue weighted by Crippen LogP contribution is 2.35. The predicted octanol–water partition coefficient (Wildman–Crippen LogP) is 5.87. The Labute approximate surface area is 192 Å². The normalized spacial score (nSPS) is 11.3. The maximum absolute atomic E-state index is 13.3. The van der Waals surface area contributed by atoms with E-state index in [1.54, 1.807) is 24.3 Å². The number of aryl methyl sites for hydroxylation is 1. The molecule has 2 aromatic heterocycles. The number of Topliss-reactive ketones (excluding diaryl/α,β-unsaturated/α-hetero) is 1. The average Bonchev–Trinajstić information content (AvgIpc) is 3.07. The van der Waals surface area contributed by atoms with Gasteiger partial charge in [-0.25, -0.2) is 4.98 Å². The van der Waals surface area contributed by atoms with Gasteiger partial charge < -0.3 is 4.74 Å². The molecule has 0 atom stereocenters. The van der Waals surface area contributed by atoms with Crippen molar-refractivity contribution in [3.05, 3.63) is 80.1 Å². The van der Waals surface area contributed by atoms with Gasteiger partial charge in [0.2, 0.25) is 0 Å². The topological polar surface area (TPSA) is 61.2 Å². The third-order valence-corrected chi connectivity index (χ3v) is 6.39. The van der Waals surface area contributed by atoms with Crippen molar-refractivity contribution < 1.29 is 9.53 Å². The van der Waals surface area contributed by atoms with Gasteiger partial charge in [0, 0.05) is 20.5 Å². The van der Waals surface area contributed by atoms with E-state index in [9.17, 15) is 9.59 Å².